The zero-order chi connectivity index (χ0) is 16.9. The van der Waals surface area contributed by atoms with Crippen molar-refractivity contribution in [2.75, 3.05) is 11.4 Å². The summed E-state index contributed by atoms with van der Waals surface area (Å²) in [6, 6.07) is 12.2. The van der Waals surface area contributed by atoms with Gasteiger partial charge in [-0.15, -0.1) is 0 Å². The summed E-state index contributed by atoms with van der Waals surface area (Å²) in [4.78, 5) is 14.4. The molecule has 0 unspecified atom stereocenters. The van der Waals surface area contributed by atoms with Gasteiger partial charge >= 0.3 is 0 Å². The third-order valence-electron chi connectivity index (χ3n) is 4.63. The van der Waals surface area contributed by atoms with Crippen molar-refractivity contribution < 1.29 is 35.3 Å². The Morgan fingerprint density at radius 2 is 1.68 bits per heavy atom. The summed E-state index contributed by atoms with van der Waals surface area (Å²) in [5.74, 6) is -1.22. The fourth-order valence-corrected chi connectivity index (χ4v) is 3.36. The first kappa shape index (κ1) is 19.8. The molecule has 1 amide bonds. The zero-order valence-corrected chi connectivity index (χ0v) is 15.6. The third kappa shape index (κ3) is 4.99. The second kappa shape index (κ2) is 9.26. The van der Waals surface area contributed by atoms with Crippen molar-refractivity contribution in [2.45, 2.75) is 32.1 Å². The van der Waals surface area contributed by atoms with Gasteiger partial charge in [0.25, 0.3) is 5.91 Å². The van der Waals surface area contributed by atoms with E-state index in [-0.39, 0.29) is 33.3 Å². The van der Waals surface area contributed by atoms with Gasteiger partial charge in [-0.1, -0.05) is 37.5 Å². The van der Waals surface area contributed by atoms with Crippen LogP contribution in [0.1, 0.15) is 42.5 Å². The molecule has 2 aromatic rings. The molecule has 0 saturated heterocycles. The van der Waals surface area contributed by atoms with Crippen LogP contribution in [0.4, 0.5) is 14.5 Å². The fraction of sp³-hybridized carbons (Fsp3) is 0.350. The molecule has 0 bridgehead atoms. The number of halogens is 2. The molecule has 2 nitrogen and oxygen atoms in total. The number of anilines is 1. The van der Waals surface area contributed by atoms with Gasteiger partial charge in [0.05, 0.1) is 5.69 Å². The van der Waals surface area contributed by atoms with Crippen molar-refractivity contribution in [2.24, 2.45) is 5.92 Å². The van der Waals surface area contributed by atoms with E-state index in [4.69, 9.17) is 0 Å². The van der Waals surface area contributed by atoms with E-state index >= 15 is 0 Å². The third-order valence-corrected chi connectivity index (χ3v) is 4.63. The summed E-state index contributed by atoms with van der Waals surface area (Å²) in [5, 5.41) is 0. The molecule has 5 heteroatoms. The topological polar surface area (TPSA) is 20.3 Å². The van der Waals surface area contributed by atoms with E-state index in [2.05, 4.69) is 0 Å². The first-order valence-electron chi connectivity index (χ1n) is 8.47. The summed E-state index contributed by atoms with van der Waals surface area (Å²) < 4.78 is 27.5. The summed E-state index contributed by atoms with van der Waals surface area (Å²) in [7, 11) is 0. The standard InChI is InChI=1S/C20H21F2NO.Ti/c21-17-11-12-19(18(22)13-17)23(14-15-7-3-1-4-8-15)20(24)16-9-5-2-6-10-16;/h2,5-6,9-13,15H,1,3-4,7-8,14H2;. The number of carbonyl (C=O) groups is 1. The van der Waals surface area contributed by atoms with Gasteiger partial charge in [0.15, 0.2) is 0 Å². The molecule has 130 valence electrons. The molecule has 0 aromatic heterocycles. The van der Waals surface area contributed by atoms with Crippen LogP contribution in [0, 0.1) is 17.6 Å². The molecule has 1 fully saturated rings. The average Bonchev–Trinajstić information content (AvgIpc) is 2.61. The predicted octanol–water partition coefficient (Wildman–Crippen LogP) is 5.19. The van der Waals surface area contributed by atoms with Gasteiger partial charge in [0.1, 0.15) is 11.6 Å². The van der Waals surface area contributed by atoms with Gasteiger partial charge in [0, 0.05) is 39.9 Å². The Morgan fingerprint density at radius 3 is 2.32 bits per heavy atom. The average molecular weight is 377 g/mol. The maximum atomic E-state index is 14.3. The van der Waals surface area contributed by atoms with Crippen LogP contribution in [-0.4, -0.2) is 12.5 Å². The molecule has 0 aliphatic heterocycles. The molecule has 3 rings (SSSR count). The Bertz CT molecular complexity index is 702. The summed E-state index contributed by atoms with van der Waals surface area (Å²) in [6.45, 7) is 0.469. The molecular weight excluding hydrogens is 356 g/mol. The normalized spacial score (nSPS) is 14.6. The van der Waals surface area contributed by atoms with Gasteiger partial charge in [-0.2, -0.15) is 0 Å². The Morgan fingerprint density at radius 1 is 1.00 bits per heavy atom. The molecule has 25 heavy (non-hydrogen) atoms. The quantitative estimate of drug-likeness (QED) is 0.672. The summed E-state index contributed by atoms with van der Waals surface area (Å²) in [5.41, 5.74) is 0.660. The van der Waals surface area contributed by atoms with Crippen molar-refractivity contribution in [1.29, 1.82) is 0 Å². The fourth-order valence-electron chi connectivity index (χ4n) is 3.36. The second-order valence-corrected chi connectivity index (χ2v) is 6.38. The maximum absolute atomic E-state index is 14.3. The number of amides is 1. The molecule has 1 aliphatic carbocycles. The summed E-state index contributed by atoms with van der Waals surface area (Å²) >= 11 is 0. The number of hydrogen-bond acceptors (Lipinski definition) is 1. The minimum absolute atomic E-state index is 0. The largest absolute Gasteiger partial charge is 0.305 e. The Kier molecular flexibility index (Phi) is 7.33. The van der Waals surface area contributed by atoms with Crippen LogP contribution >= 0.6 is 0 Å². The Labute approximate surface area is 162 Å². The Hall–Kier alpha value is -1.52. The van der Waals surface area contributed by atoms with Gasteiger partial charge in [0.2, 0.25) is 0 Å². The van der Waals surface area contributed by atoms with Crippen molar-refractivity contribution in [1.82, 2.24) is 0 Å². The number of hydrogen-bond donors (Lipinski definition) is 0. The molecule has 1 saturated carbocycles. The minimum Gasteiger partial charge on any atom is -0.305 e. The zero-order valence-electron chi connectivity index (χ0n) is 14.1. The molecular formula is C20H21F2NOTi. The molecule has 0 heterocycles. The van der Waals surface area contributed by atoms with E-state index in [1.165, 1.54) is 23.5 Å². The van der Waals surface area contributed by atoms with Gasteiger partial charge < -0.3 is 4.90 Å². The Balaban J connectivity index is 0.00000225. The van der Waals surface area contributed by atoms with Crippen LogP contribution in [0.15, 0.2) is 48.5 Å². The van der Waals surface area contributed by atoms with Crippen LogP contribution in [0.3, 0.4) is 0 Å². The van der Waals surface area contributed by atoms with Gasteiger partial charge in [-0.25, -0.2) is 8.78 Å². The smallest absolute Gasteiger partial charge is 0.258 e. The van der Waals surface area contributed by atoms with E-state index in [9.17, 15) is 13.6 Å². The molecule has 0 spiro atoms. The minimum atomic E-state index is -0.699. The van der Waals surface area contributed by atoms with Gasteiger partial charge in [-0.05, 0) is 43.0 Å². The van der Waals surface area contributed by atoms with E-state index in [0.29, 0.717) is 18.0 Å². The SMILES string of the molecule is O=C(c1ccccc1)N(CC1CCCCC1)c1ccc(F)cc1F.[Ti]. The molecule has 1 aliphatic rings. The number of rotatable bonds is 4. The van der Waals surface area contributed by atoms with E-state index in [0.717, 1.165) is 31.7 Å². The van der Waals surface area contributed by atoms with Crippen LogP contribution in [0.5, 0.6) is 0 Å². The van der Waals surface area contributed by atoms with E-state index in [1.54, 1.807) is 24.3 Å². The first-order valence-corrected chi connectivity index (χ1v) is 8.47. The van der Waals surface area contributed by atoms with Crippen LogP contribution < -0.4 is 4.90 Å². The first-order chi connectivity index (χ1) is 11.6. The predicted molar refractivity (Wildman–Crippen MR) is 91.1 cm³/mol. The molecule has 0 radical (unpaired) electrons. The monoisotopic (exact) mass is 377 g/mol. The molecule has 2 aromatic carbocycles. The van der Waals surface area contributed by atoms with E-state index in [1.807, 2.05) is 6.07 Å². The van der Waals surface area contributed by atoms with Crippen molar-refractivity contribution >= 4 is 11.6 Å². The number of benzene rings is 2. The van der Waals surface area contributed by atoms with E-state index < -0.39 is 11.6 Å². The van der Waals surface area contributed by atoms with Crippen LogP contribution in [0.25, 0.3) is 0 Å². The van der Waals surface area contributed by atoms with Gasteiger partial charge in [-0.3, -0.25) is 4.79 Å². The van der Waals surface area contributed by atoms with Crippen molar-refractivity contribution in [3.05, 3.63) is 65.7 Å². The molecule has 0 atom stereocenters. The second-order valence-electron chi connectivity index (χ2n) is 6.38. The van der Waals surface area contributed by atoms with Crippen LogP contribution in [0.2, 0.25) is 0 Å². The molecule has 0 N–H and O–H groups in total. The number of carbonyl (C=O) groups excluding carboxylic acids is 1. The van der Waals surface area contributed by atoms with Crippen molar-refractivity contribution in [3.63, 3.8) is 0 Å². The summed E-state index contributed by atoms with van der Waals surface area (Å²) in [6.07, 6.45) is 5.59. The maximum Gasteiger partial charge on any atom is 0.258 e. The van der Waals surface area contributed by atoms with Crippen LogP contribution in [-0.2, 0) is 21.7 Å². The number of nitrogens with zero attached hydrogens (tertiary/aromatic N) is 1. The van der Waals surface area contributed by atoms with Crippen molar-refractivity contribution in [3.8, 4) is 0 Å².